The fourth-order valence-electron chi connectivity index (χ4n) is 6.60. The number of benzene rings is 2. The van der Waals surface area contributed by atoms with Crippen LogP contribution in [0.4, 0.5) is 0 Å². The van der Waals surface area contributed by atoms with Crippen LogP contribution in [0.25, 0.3) is 0 Å². The van der Waals surface area contributed by atoms with Crippen molar-refractivity contribution in [3.8, 4) is 17.2 Å². The van der Waals surface area contributed by atoms with Crippen LogP contribution in [0.2, 0.25) is 0 Å². The molecular formula is C35H45NO10. The Morgan fingerprint density at radius 2 is 1.74 bits per heavy atom. The molecule has 250 valence electrons. The first-order valence-corrected chi connectivity index (χ1v) is 16.0. The van der Waals surface area contributed by atoms with E-state index in [1.54, 1.807) is 44.6 Å². The highest BCUT2D eigenvalue weighted by atomic mass is 16.5. The molecule has 1 aliphatic heterocycles. The molecule has 1 saturated heterocycles. The van der Waals surface area contributed by atoms with Gasteiger partial charge in [-0.05, 0) is 86.3 Å². The minimum absolute atomic E-state index is 0.214. The highest BCUT2D eigenvalue weighted by Gasteiger charge is 2.50. The second kappa shape index (κ2) is 15.9. The molecule has 1 saturated carbocycles. The molecule has 1 heterocycles. The number of aliphatic carboxylic acids is 1. The lowest BCUT2D eigenvalue weighted by atomic mass is 9.71. The first-order chi connectivity index (χ1) is 22.1. The van der Waals surface area contributed by atoms with Gasteiger partial charge in [-0.15, -0.1) is 0 Å². The van der Waals surface area contributed by atoms with Gasteiger partial charge in [-0.3, -0.25) is 9.59 Å². The second-order valence-electron chi connectivity index (χ2n) is 12.0. The number of hydrogen-bond acceptors (Lipinski definition) is 9. The van der Waals surface area contributed by atoms with Crippen molar-refractivity contribution in [2.45, 2.75) is 88.9 Å². The van der Waals surface area contributed by atoms with Gasteiger partial charge < -0.3 is 34.1 Å². The van der Waals surface area contributed by atoms with Crippen molar-refractivity contribution >= 4 is 23.6 Å². The number of methoxy groups -OCH3 is 2. The molecule has 2 fully saturated rings. The van der Waals surface area contributed by atoms with Crippen LogP contribution in [0, 0.1) is 5.92 Å². The smallest absolute Gasteiger partial charge is 0.341 e. The van der Waals surface area contributed by atoms with Crippen LogP contribution in [0.3, 0.4) is 0 Å². The van der Waals surface area contributed by atoms with Crippen LogP contribution in [0.15, 0.2) is 42.5 Å². The highest BCUT2D eigenvalue weighted by molar-refractivity contribution is 6.39. The van der Waals surface area contributed by atoms with Crippen molar-refractivity contribution in [3.63, 3.8) is 0 Å². The Morgan fingerprint density at radius 1 is 0.978 bits per heavy atom. The van der Waals surface area contributed by atoms with E-state index in [1.807, 2.05) is 19.1 Å². The molecule has 11 heteroatoms. The number of aryl methyl sites for hydroxylation is 1. The second-order valence-corrected chi connectivity index (χ2v) is 12.0. The van der Waals surface area contributed by atoms with Crippen molar-refractivity contribution in [1.29, 1.82) is 0 Å². The summed E-state index contributed by atoms with van der Waals surface area (Å²) in [5.41, 5.74) is -0.235. The number of hydrogen-bond donors (Lipinski definition) is 2. The lowest BCUT2D eigenvalue weighted by molar-refractivity contribution is -0.169. The number of ether oxygens (including phenoxy) is 4. The van der Waals surface area contributed by atoms with Crippen molar-refractivity contribution in [2.24, 2.45) is 5.92 Å². The number of carboxylic acids is 1. The van der Waals surface area contributed by atoms with Crippen LogP contribution in [0.1, 0.15) is 81.9 Å². The summed E-state index contributed by atoms with van der Waals surface area (Å²) in [6, 6.07) is 11.2. The van der Waals surface area contributed by atoms with Crippen molar-refractivity contribution in [3.05, 3.63) is 53.6 Å². The maximum Gasteiger partial charge on any atom is 0.341 e. The van der Waals surface area contributed by atoms with E-state index in [0.717, 1.165) is 12.0 Å². The lowest BCUT2D eigenvalue weighted by Crippen LogP contribution is -2.58. The Balaban J connectivity index is 1.57. The number of carbonyl (C=O) groups is 4. The van der Waals surface area contributed by atoms with Gasteiger partial charge in [0.15, 0.2) is 18.1 Å². The maximum atomic E-state index is 13.9. The zero-order chi connectivity index (χ0) is 33.3. The normalized spacial score (nSPS) is 22.0. The average molecular weight is 640 g/mol. The summed E-state index contributed by atoms with van der Waals surface area (Å²) in [6.45, 7) is 1.59. The van der Waals surface area contributed by atoms with Crippen molar-refractivity contribution in [1.82, 2.24) is 4.90 Å². The summed E-state index contributed by atoms with van der Waals surface area (Å²) in [7, 11) is 3.10. The average Bonchev–Trinajstić information content (AvgIpc) is 3.08. The Hall–Kier alpha value is -4.12. The maximum absolute atomic E-state index is 13.9. The van der Waals surface area contributed by atoms with Crippen molar-refractivity contribution in [2.75, 3.05) is 27.4 Å². The predicted molar refractivity (Wildman–Crippen MR) is 168 cm³/mol. The Bertz CT molecular complexity index is 1390. The Labute approximate surface area is 269 Å². The van der Waals surface area contributed by atoms with E-state index in [1.165, 1.54) is 4.90 Å². The van der Waals surface area contributed by atoms with E-state index < -0.39 is 48.0 Å². The highest BCUT2D eigenvalue weighted by Crippen LogP contribution is 2.38. The molecule has 0 aromatic heterocycles. The molecule has 2 aromatic rings. The molecule has 2 N–H and O–H groups in total. The van der Waals surface area contributed by atoms with Gasteiger partial charge in [0.05, 0.1) is 14.2 Å². The number of likely N-dealkylation sites (tertiary alicyclic amines) is 1. The minimum Gasteiger partial charge on any atom is -0.493 e. The van der Waals surface area contributed by atoms with Gasteiger partial charge in [0, 0.05) is 6.54 Å². The molecule has 2 aliphatic rings. The van der Waals surface area contributed by atoms with Gasteiger partial charge >= 0.3 is 11.9 Å². The van der Waals surface area contributed by atoms with Gasteiger partial charge in [0.1, 0.15) is 23.5 Å². The van der Waals surface area contributed by atoms with Gasteiger partial charge in [-0.25, -0.2) is 9.59 Å². The number of Topliss-reactive ketones (excluding diaryl/α,β-unsaturated/α-hetero) is 1. The van der Waals surface area contributed by atoms with Crippen LogP contribution >= 0.6 is 0 Å². The fraction of sp³-hybridized carbons (Fsp3) is 0.543. The van der Waals surface area contributed by atoms with Crippen LogP contribution in [-0.2, 0) is 30.3 Å². The standard InChI is InChI=1S/C35H45NO10/c1-4-25-11-5-7-18-35(25,42)32(39)33(40)36-19-8-6-13-27(36)34(41)46-28(24-10-9-12-26(21-24)45-22-31(37)38)16-14-23-15-17-29(43-2)30(20-23)44-3/h9-10,12,15,17,20-21,25,27-28,42H,4-8,11,13-14,16,18-19,22H2,1-3H3,(H,37,38)/t25?,27-,28+,35?/m0/s1. The van der Waals surface area contributed by atoms with Crippen molar-refractivity contribution < 1.29 is 48.3 Å². The third-order valence-electron chi connectivity index (χ3n) is 9.15. The number of rotatable bonds is 14. The topological polar surface area (TPSA) is 149 Å². The molecule has 1 amide bonds. The number of amides is 1. The van der Waals surface area contributed by atoms with E-state index in [9.17, 15) is 24.3 Å². The largest absolute Gasteiger partial charge is 0.493 e. The summed E-state index contributed by atoms with van der Waals surface area (Å²) in [4.78, 5) is 53.4. The van der Waals surface area contributed by atoms with E-state index >= 15 is 0 Å². The first-order valence-electron chi connectivity index (χ1n) is 16.0. The zero-order valence-electron chi connectivity index (χ0n) is 26.9. The molecule has 0 radical (unpaired) electrons. The van der Waals surface area contributed by atoms with E-state index in [0.29, 0.717) is 74.2 Å². The molecule has 2 unspecified atom stereocenters. The number of esters is 1. The molecule has 1 aliphatic carbocycles. The van der Waals surface area contributed by atoms with Gasteiger partial charge in [0.25, 0.3) is 11.7 Å². The van der Waals surface area contributed by atoms with Gasteiger partial charge in [-0.2, -0.15) is 0 Å². The summed E-state index contributed by atoms with van der Waals surface area (Å²) >= 11 is 0. The lowest BCUT2D eigenvalue weighted by Gasteiger charge is -2.40. The summed E-state index contributed by atoms with van der Waals surface area (Å²) in [6.07, 6.45) is 4.73. The van der Waals surface area contributed by atoms with Crippen LogP contribution in [0.5, 0.6) is 17.2 Å². The number of carbonyl (C=O) groups excluding carboxylic acids is 3. The number of nitrogens with zero attached hydrogens (tertiary/aromatic N) is 1. The third-order valence-corrected chi connectivity index (χ3v) is 9.15. The molecular weight excluding hydrogens is 594 g/mol. The van der Waals surface area contributed by atoms with E-state index in [4.69, 9.17) is 24.1 Å². The summed E-state index contributed by atoms with van der Waals surface area (Å²) in [5, 5.41) is 20.5. The molecule has 2 aromatic carbocycles. The number of piperidine rings is 1. The number of ketones is 1. The van der Waals surface area contributed by atoms with Gasteiger partial charge in [0.2, 0.25) is 0 Å². The van der Waals surface area contributed by atoms with E-state index in [2.05, 4.69) is 0 Å². The molecule has 11 nitrogen and oxygen atoms in total. The zero-order valence-corrected chi connectivity index (χ0v) is 26.9. The fourth-order valence-corrected chi connectivity index (χ4v) is 6.60. The molecule has 4 atom stereocenters. The first kappa shape index (κ1) is 34.7. The Morgan fingerprint density at radius 3 is 2.46 bits per heavy atom. The molecule has 0 bridgehead atoms. The predicted octanol–water partition coefficient (Wildman–Crippen LogP) is 4.67. The SMILES string of the molecule is CCC1CCCCC1(O)C(=O)C(=O)N1CCCC[C@H]1C(=O)O[C@H](CCc1ccc(OC)c(OC)c1)c1cccc(OCC(=O)O)c1. The van der Waals surface area contributed by atoms with E-state index in [-0.39, 0.29) is 18.9 Å². The van der Waals surface area contributed by atoms with Crippen LogP contribution < -0.4 is 14.2 Å². The third kappa shape index (κ3) is 8.17. The quantitative estimate of drug-likeness (QED) is 0.221. The molecule has 4 rings (SSSR count). The monoisotopic (exact) mass is 639 g/mol. The number of carboxylic acid groups (broad SMARTS) is 1. The summed E-state index contributed by atoms with van der Waals surface area (Å²) in [5.74, 6) is -2.30. The summed E-state index contributed by atoms with van der Waals surface area (Å²) < 4.78 is 22.3. The molecule has 0 spiro atoms. The van der Waals surface area contributed by atoms with Crippen LogP contribution in [-0.4, -0.2) is 77.8 Å². The Kier molecular flexibility index (Phi) is 12.0. The molecule has 46 heavy (non-hydrogen) atoms. The number of aliphatic hydroxyl groups is 1. The van der Waals surface area contributed by atoms with Gasteiger partial charge in [-0.1, -0.05) is 44.4 Å². The minimum atomic E-state index is -1.73.